The fraction of sp³-hybridized carbons (Fsp3) is 0.708. The molecule has 2 aromatic heterocycles. The van der Waals surface area contributed by atoms with Crippen molar-refractivity contribution in [2.24, 2.45) is 28.7 Å². The van der Waals surface area contributed by atoms with E-state index in [2.05, 4.69) is 56.7 Å². The molecular weight excluding hydrogens is 847 g/mol. The average Bonchev–Trinajstić information content (AvgIpc) is 4.04. The van der Waals surface area contributed by atoms with Crippen molar-refractivity contribution in [2.75, 3.05) is 33.8 Å². The molecule has 1 N–H and O–H groups in total. The number of fused-ring (bicyclic) bond motifs is 1. The van der Waals surface area contributed by atoms with Gasteiger partial charge in [0.25, 0.3) is 0 Å². The molecule has 1 amide bonds. The Morgan fingerprint density at radius 2 is 1.76 bits per heavy atom. The number of hydrogen-bond acceptors (Lipinski definition) is 15. The second kappa shape index (κ2) is 20.7. The molecule has 4 aliphatic heterocycles. The lowest BCUT2D eigenvalue weighted by atomic mass is 9.73. The first kappa shape index (κ1) is 49.3. The van der Waals surface area contributed by atoms with Crippen LogP contribution in [0.3, 0.4) is 0 Å². The number of aryl methyl sites for hydroxylation is 2. The molecule has 0 saturated carbocycles. The molecule has 1 unspecified atom stereocenters. The molecule has 0 radical (unpaired) electrons. The molecule has 3 saturated heterocycles. The molecule has 18 heteroatoms. The zero-order valence-electron chi connectivity index (χ0n) is 40.4. The van der Waals surface area contributed by atoms with E-state index in [0.717, 1.165) is 42.9 Å². The molecular formula is C48H71N9O9. The van der Waals surface area contributed by atoms with Gasteiger partial charge in [0, 0.05) is 63.0 Å². The number of carbonyl (C=O) groups excluding carboxylic acids is 3. The Hall–Kier alpha value is -4.62. The summed E-state index contributed by atoms with van der Waals surface area (Å²) in [7, 11) is 3.56. The smallest absolute Gasteiger partial charge is 0.410 e. The van der Waals surface area contributed by atoms with Crippen LogP contribution in [0.5, 0.6) is 0 Å². The molecule has 4 aliphatic rings. The molecule has 6 heterocycles. The van der Waals surface area contributed by atoms with Crippen LogP contribution in [-0.4, -0.2) is 156 Å². The van der Waals surface area contributed by atoms with E-state index in [-0.39, 0.29) is 24.0 Å². The molecule has 3 aromatic rings. The molecule has 0 aliphatic carbocycles. The second-order valence-corrected chi connectivity index (χ2v) is 19.5. The van der Waals surface area contributed by atoms with Gasteiger partial charge in [-0.05, 0) is 96.9 Å². The number of aliphatic imine (C=N–C) groups is 1. The number of cyclic esters (lactones) is 1. The fourth-order valence-electron chi connectivity index (χ4n) is 11.0. The number of unbranched alkanes of at least 4 members (excludes halogenated alkanes) is 1. The van der Waals surface area contributed by atoms with E-state index in [1.807, 2.05) is 58.7 Å². The minimum Gasteiger partial charge on any atom is -0.458 e. The number of rotatable bonds is 14. The van der Waals surface area contributed by atoms with Crippen molar-refractivity contribution in [1.29, 1.82) is 0 Å². The van der Waals surface area contributed by atoms with E-state index in [1.165, 1.54) is 5.56 Å². The highest BCUT2D eigenvalue weighted by atomic mass is 16.7. The number of esters is 1. The number of likely N-dealkylation sites (N-methyl/N-ethyl adjacent to an activating group) is 1. The zero-order valence-corrected chi connectivity index (χ0v) is 40.4. The van der Waals surface area contributed by atoms with Gasteiger partial charge in [-0.25, -0.2) is 9.48 Å². The van der Waals surface area contributed by atoms with Crippen LogP contribution in [0.2, 0.25) is 0 Å². The Morgan fingerprint density at radius 3 is 2.45 bits per heavy atom. The largest absolute Gasteiger partial charge is 0.458 e. The summed E-state index contributed by atoms with van der Waals surface area (Å²) in [5, 5.41) is 28.8. The highest BCUT2D eigenvalue weighted by molar-refractivity contribution is 6.00. The maximum absolute atomic E-state index is 14.5. The van der Waals surface area contributed by atoms with Crippen LogP contribution in [0.25, 0.3) is 5.69 Å². The van der Waals surface area contributed by atoms with Crippen molar-refractivity contribution < 1.29 is 43.2 Å². The predicted molar refractivity (Wildman–Crippen MR) is 244 cm³/mol. The summed E-state index contributed by atoms with van der Waals surface area (Å²) in [5.74, 6) is -3.63. The molecule has 3 fully saturated rings. The number of ketones is 1. The number of nitrogens with zero attached hydrogens (tertiary/aromatic N) is 9. The maximum atomic E-state index is 14.5. The third kappa shape index (κ3) is 10.3. The van der Waals surface area contributed by atoms with Crippen LogP contribution in [0, 0.1) is 23.7 Å². The van der Waals surface area contributed by atoms with Gasteiger partial charge in [-0.1, -0.05) is 50.3 Å². The van der Waals surface area contributed by atoms with Gasteiger partial charge in [-0.2, -0.15) is 0 Å². The van der Waals surface area contributed by atoms with E-state index in [4.69, 9.17) is 28.7 Å². The lowest BCUT2D eigenvalue weighted by molar-refractivity contribution is -0.295. The molecule has 18 nitrogen and oxygen atoms in total. The van der Waals surface area contributed by atoms with Crippen molar-refractivity contribution in [1.82, 2.24) is 39.8 Å². The topological polar surface area (TPSA) is 198 Å². The Balaban J connectivity index is 1.02. The number of ether oxygens (including phenoxy) is 5. The van der Waals surface area contributed by atoms with Crippen molar-refractivity contribution in [3.8, 4) is 5.69 Å². The molecule has 7 rings (SSSR count). The third-order valence-corrected chi connectivity index (χ3v) is 14.8. The quantitative estimate of drug-likeness (QED) is 0.130. The highest BCUT2D eigenvalue weighted by Crippen LogP contribution is 2.44. The number of methoxy groups -OCH3 is 1. The van der Waals surface area contributed by atoms with Gasteiger partial charge in [0.2, 0.25) is 0 Å². The van der Waals surface area contributed by atoms with Gasteiger partial charge in [0.05, 0.1) is 54.2 Å². The van der Waals surface area contributed by atoms with Crippen molar-refractivity contribution in [2.45, 2.75) is 161 Å². The van der Waals surface area contributed by atoms with Gasteiger partial charge in [0.1, 0.15) is 18.1 Å². The normalized spacial score (nSPS) is 34.4. The van der Waals surface area contributed by atoms with Crippen LogP contribution >= 0.6 is 0 Å². The number of aliphatic hydroxyl groups is 1. The number of hydrogen-bond donors (Lipinski definition) is 1. The van der Waals surface area contributed by atoms with Gasteiger partial charge >= 0.3 is 12.1 Å². The van der Waals surface area contributed by atoms with Crippen LogP contribution < -0.4 is 0 Å². The Morgan fingerprint density at radius 1 is 1.00 bits per heavy atom. The summed E-state index contributed by atoms with van der Waals surface area (Å²) in [6.45, 7) is 17.1. The number of benzene rings is 1. The SMILES string of the molecule is CC[C@H]1OC(=O)[C@H](C)C(=O)[C@H](C)[C@@H](O[C@@H]2O[C@H](C)C[C@H](N(C)CCc3cn(CCCCc4ccc(-n5ccnn5)cc4)nn3)[C@H]2O)[C@](C)(OC)C[C@@H](C)C2=NCCN3C(=O)O[C@@]1(C)C3[C@H]2C. The first-order valence-corrected chi connectivity index (χ1v) is 23.8. The zero-order chi connectivity index (χ0) is 47.5. The Labute approximate surface area is 388 Å². The summed E-state index contributed by atoms with van der Waals surface area (Å²) in [6, 6.07) is 7.55. The van der Waals surface area contributed by atoms with Crippen LogP contribution in [0.15, 0.2) is 47.8 Å². The van der Waals surface area contributed by atoms with E-state index < -0.39 is 71.5 Å². The summed E-state index contributed by atoms with van der Waals surface area (Å²) in [4.78, 5) is 50.7. The standard InChI is InChI=1S/C48H71N9O9/c1-11-38-48(8)42-31(4)39(49-20-24-56(42)46(61)66-48)29(2)27-47(7,62-10)43(32(5)40(58)33(6)44(60)64-38)65-45-41(59)37(26-30(3)63-45)54(9)23-19-35-28-55(53-51-35)22-13-12-14-34-15-17-36(18-16-34)57-25-21-50-52-57/h15-18,21,25,28-33,37-38,41-43,45,59H,11-14,19-20,22-24,26-27H2,1-10H3/t29-,30-,31+,32+,33-,37+,38-,41-,42?,43-,45+,47-,48-/m1/s1. The monoisotopic (exact) mass is 918 g/mol. The molecule has 66 heavy (non-hydrogen) atoms. The molecule has 0 spiro atoms. The fourth-order valence-corrected chi connectivity index (χ4v) is 11.0. The molecule has 362 valence electrons. The van der Waals surface area contributed by atoms with Crippen molar-refractivity contribution in [3.05, 3.63) is 54.1 Å². The number of Topliss-reactive ketones (excluding diaryl/α,β-unsaturated/α-hetero) is 1. The molecule has 2 bridgehead atoms. The van der Waals surface area contributed by atoms with Crippen molar-refractivity contribution in [3.63, 3.8) is 0 Å². The minimum absolute atomic E-state index is 0.190. The van der Waals surface area contributed by atoms with E-state index in [9.17, 15) is 19.5 Å². The Bertz CT molecular complexity index is 2150. The minimum atomic E-state index is -1.18. The molecule has 13 atom stereocenters. The lowest BCUT2D eigenvalue weighted by Gasteiger charge is -2.47. The van der Waals surface area contributed by atoms with E-state index in [1.54, 1.807) is 36.7 Å². The van der Waals surface area contributed by atoms with Crippen LogP contribution in [0.4, 0.5) is 4.79 Å². The summed E-state index contributed by atoms with van der Waals surface area (Å²) >= 11 is 0. The molecule has 1 aromatic carbocycles. The lowest BCUT2D eigenvalue weighted by Crippen LogP contribution is -2.60. The van der Waals surface area contributed by atoms with Gasteiger partial charge in [-0.3, -0.25) is 24.2 Å². The first-order chi connectivity index (χ1) is 31.5. The number of aliphatic hydroxyl groups excluding tert-OH is 1. The summed E-state index contributed by atoms with van der Waals surface area (Å²) in [5.41, 5.74) is 1.68. The predicted octanol–water partition coefficient (Wildman–Crippen LogP) is 4.88. The summed E-state index contributed by atoms with van der Waals surface area (Å²) < 4.78 is 35.5. The van der Waals surface area contributed by atoms with Gasteiger partial charge in [-0.15, -0.1) is 10.2 Å². The third-order valence-electron chi connectivity index (χ3n) is 14.8. The summed E-state index contributed by atoms with van der Waals surface area (Å²) in [6.07, 6.45) is 5.60. The van der Waals surface area contributed by atoms with Gasteiger partial charge in [0.15, 0.2) is 17.7 Å². The average molecular weight is 918 g/mol. The van der Waals surface area contributed by atoms with E-state index >= 15 is 0 Å². The first-order valence-electron chi connectivity index (χ1n) is 23.8. The van der Waals surface area contributed by atoms with Crippen LogP contribution in [0.1, 0.15) is 98.8 Å². The second-order valence-electron chi connectivity index (χ2n) is 19.5. The van der Waals surface area contributed by atoms with Gasteiger partial charge < -0.3 is 33.7 Å². The maximum Gasteiger partial charge on any atom is 0.410 e. The number of aromatic nitrogens is 6. The van der Waals surface area contributed by atoms with Crippen molar-refractivity contribution >= 4 is 23.6 Å². The number of carbonyl (C=O) groups is 3. The van der Waals surface area contributed by atoms with E-state index in [0.29, 0.717) is 45.3 Å². The number of amides is 1. The highest BCUT2D eigenvalue weighted by Gasteiger charge is 2.60. The Kier molecular flexibility index (Phi) is 15.5. The van der Waals surface area contributed by atoms with Crippen LogP contribution in [-0.2, 0) is 52.7 Å².